The van der Waals surface area contributed by atoms with Crippen LogP contribution in [-0.2, 0) is 12.8 Å². The van der Waals surface area contributed by atoms with Gasteiger partial charge in [-0.15, -0.1) is 0 Å². The lowest BCUT2D eigenvalue weighted by Gasteiger charge is -2.37. The molecular formula is C19H18N2O4. The maximum Gasteiger partial charge on any atom is 0.341 e. The number of ether oxygens (including phenoxy) is 1. The second kappa shape index (κ2) is 6.20. The average Bonchev–Trinajstić information content (AvgIpc) is 2.64. The molecule has 3 heterocycles. The van der Waals surface area contributed by atoms with E-state index in [1.165, 1.54) is 17.8 Å². The van der Waals surface area contributed by atoms with Gasteiger partial charge in [0.15, 0.2) is 6.29 Å². The zero-order valence-electron chi connectivity index (χ0n) is 13.7. The van der Waals surface area contributed by atoms with Gasteiger partial charge >= 0.3 is 5.97 Å². The Balaban J connectivity index is 1.87. The number of anilines is 1. The normalized spacial score (nSPS) is 15.4. The number of aromatic nitrogens is 1. The van der Waals surface area contributed by atoms with Crippen molar-refractivity contribution in [2.75, 3.05) is 18.0 Å². The van der Waals surface area contributed by atoms with E-state index < -0.39 is 5.97 Å². The molecule has 0 bridgehead atoms. The molecule has 128 valence electrons. The van der Waals surface area contributed by atoms with E-state index in [1.54, 1.807) is 6.07 Å². The molecule has 0 atom stereocenters. The molecule has 0 aliphatic carbocycles. The van der Waals surface area contributed by atoms with Crippen LogP contribution in [0.15, 0.2) is 24.4 Å². The predicted molar refractivity (Wildman–Crippen MR) is 92.0 cm³/mol. The molecule has 0 saturated heterocycles. The molecule has 0 amide bonds. The molecule has 0 saturated carbocycles. The van der Waals surface area contributed by atoms with Crippen LogP contribution in [0.4, 0.5) is 5.69 Å². The summed E-state index contributed by atoms with van der Waals surface area (Å²) >= 11 is 0. The molecule has 6 heteroatoms. The molecular weight excluding hydrogens is 320 g/mol. The first kappa shape index (κ1) is 15.6. The van der Waals surface area contributed by atoms with Gasteiger partial charge in [-0.2, -0.15) is 0 Å². The van der Waals surface area contributed by atoms with E-state index in [9.17, 15) is 14.7 Å². The molecule has 2 aliphatic heterocycles. The molecule has 25 heavy (non-hydrogen) atoms. The Hall–Kier alpha value is -2.89. The number of aryl methyl sites for hydroxylation is 1. The highest BCUT2D eigenvalue weighted by molar-refractivity contribution is 5.91. The Morgan fingerprint density at radius 3 is 2.84 bits per heavy atom. The Kier molecular flexibility index (Phi) is 3.87. The smallest absolute Gasteiger partial charge is 0.341 e. The molecule has 0 radical (unpaired) electrons. The third kappa shape index (κ3) is 2.63. The van der Waals surface area contributed by atoms with Crippen molar-refractivity contribution < 1.29 is 19.4 Å². The lowest BCUT2D eigenvalue weighted by molar-refractivity contribution is 0.0693. The summed E-state index contributed by atoms with van der Waals surface area (Å²) in [5, 5.41) is 9.34. The first-order chi connectivity index (χ1) is 12.2. The van der Waals surface area contributed by atoms with Gasteiger partial charge in [0.1, 0.15) is 11.3 Å². The number of carbonyl (C=O) groups excluding carboxylic acids is 1. The van der Waals surface area contributed by atoms with Gasteiger partial charge in [-0.1, -0.05) is 0 Å². The zero-order chi connectivity index (χ0) is 17.4. The van der Waals surface area contributed by atoms with Crippen LogP contribution in [0.25, 0.3) is 0 Å². The van der Waals surface area contributed by atoms with Crippen molar-refractivity contribution in [3.8, 4) is 11.6 Å². The number of aromatic carboxylic acids is 1. The van der Waals surface area contributed by atoms with Crippen molar-refractivity contribution >= 4 is 17.9 Å². The molecule has 0 spiro atoms. The van der Waals surface area contributed by atoms with Gasteiger partial charge in [0.05, 0.1) is 5.56 Å². The van der Waals surface area contributed by atoms with E-state index in [1.807, 2.05) is 6.07 Å². The van der Waals surface area contributed by atoms with Crippen molar-refractivity contribution in [1.29, 1.82) is 0 Å². The first-order valence-corrected chi connectivity index (χ1v) is 8.44. The Morgan fingerprint density at radius 1 is 1.28 bits per heavy atom. The van der Waals surface area contributed by atoms with Gasteiger partial charge in [-0.3, -0.25) is 4.79 Å². The lowest BCUT2D eigenvalue weighted by atomic mass is 9.89. The lowest BCUT2D eigenvalue weighted by Crippen LogP contribution is -2.34. The van der Waals surface area contributed by atoms with Gasteiger partial charge in [0, 0.05) is 30.5 Å². The number of pyridine rings is 1. The highest BCUT2D eigenvalue weighted by Crippen LogP contribution is 2.43. The maximum absolute atomic E-state index is 11.7. The Bertz CT molecular complexity index is 861. The van der Waals surface area contributed by atoms with E-state index in [4.69, 9.17) is 4.74 Å². The Morgan fingerprint density at radius 2 is 2.08 bits per heavy atom. The van der Waals surface area contributed by atoms with Crippen LogP contribution < -0.4 is 9.64 Å². The minimum atomic E-state index is -1.11. The minimum absolute atomic E-state index is 0.0160. The van der Waals surface area contributed by atoms with Crippen LogP contribution in [-0.4, -0.2) is 35.4 Å². The second-order valence-electron chi connectivity index (χ2n) is 6.36. The number of nitrogens with zero attached hydrogens (tertiary/aromatic N) is 2. The van der Waals surface area contributed by atoms with Crippen LogP contribution in [0.1, 0.15) is 44.7 Å². The summed E-state index contributed by atoms with van der Waals surface area (Å²) in [4.78, 5) is 29.5. The predicted octanol–water partition coefficient (Wildman–Crippen LogP) is 3.08. The van der Waals surface area contributed by atoms with Gasteiger partial charge in [-0.25, -0.2) is 9.78 Å². The van der Waals surface area contributed by atoms with Crippen molar-refractivity contribution in [3.05, 3.63) is 46.6 Å². The van der Waals surface area contributed by atoms with E-state index in [2.05, 4.69) is 9.88 Å². The Labute approximate surface area is 145 Å². The van der Waals surface area contributed by atoms with Crippen molar-refractivity contribution in [1.82, 2.24) is 4.98 Å². The first-order valence-electron chi connectivity index (χ1n) is 8.44. The fraction of sp³-hybridized carbons (Fsp3) is 0.316. The molecule has 1 aromatic heterocycles. The van der Waals surface area contributed by atoms with Crippen molar-refractivity contribution in [2.24, 2.45) is 0 Å². The summed E-state index contributed by atoms with van der Waals surface area (Å²) < 4.78 is 5.91. The third-order valence-corrected chi connectivity index (χ3v) is 4.83. The second-order valence-corrected chi connectivity index (χ2v) is 6.36. The maximum atomic E-state index is 11.7. The van der Waals surface area contributed by atoms with Gasteiger partial charge in [-0.05, 0) is 49.4 Å². The van der Waals surface area contributed by atoms with E-state index in [0.29, 0.717) is 11.3 Å². The number of aldehydes is 1. The molecule has 6 nitrogen and oxygen atoms in total. The molecule has 4 rings (SSSR count). The summed E-state index contributed by atoms with van der Waals surface area (Å²) in [6, 6.07) is 4.87. The summed E-state index contributed by atoms with van der Waals surface area (Å²) in [6.07, 6.45) is 6.09. The topological polar surface area (TPSA) is 79.7 Å². The third-order valence-electron chi connectivity index (χ3n) is 4.83. The molecule has 0 unspecified atom stereocenters. The highest BCUT2D eigenvalue weighted by Gasteiger charge is 2.29. The summed E-state index contributed by atoms with van der Waals surface area (Å²) in [7, 11) is 0. The number of carboxylic acids is 1. The summed E-state index contributed by atoms with van der Waals surface area (Å²) in [6.45, 7) is 2.01. The van der Waals surface area contributed by atoms with Gasteiger partial charge < -0.3 is 14.7 Å². The van der Waals surface area contributed by atoms with E-state index >= 15 is 0 Å². The molecule has 1 aromatic carbocycles. The minimum Gasteiger partial charge on any atom is -0.477 e. The molecule has 2 aliphatic rings. The fourth-order valence-corrected chi connectivity index (χ4v) is 3.80. The standard InChI is InChI=1S/C19H18N2O4/c22-11-13-10-12-4-2-8-21-9-3-6-14(16(12)21)17(13)25-18-15(19(23)24)5-1-7-20-18/h1,5,7,10-11H,2-4,6,8-9H2,(H,23,24). The summed E-state index contributed by atoms with van der Waals surface area (Å²) in [5.41, 5.74) is 3.77. The van der Waals surface area contributed by atoms with Crippen LogP contribution >= 0.6 is 0 Å². The van der Waals surface area contributed by atoms with E-state index in [-0.39, 0.29) is 11.4 Å². The summed E-state index contributed by atoms with van der Waals surface area (Å²) in [5.74, 6) is -0.646. The fourth-order valence-electron chi connectivity index (χ4n) is 3.80. The van der Waals surface area contributed by atoms with Crippen molar-refractivity contribution in [3.63, 3.8) is 0 Å². The number of hydrogen-bond acceptors (Lipinski definition) is 5. The zero-order valence-corrected chi connectivity index (χ0v) is 13.7. The molecule has 0 fully saturated rings. The molecule has 1 N–H and O–H groups in total. The van der Waals surface area contributed by atoms with Crippen LogP contribution in [0, 0.1) is 0 Å². The SMILES string of the molecule is O=Cc1cc2c3c(c1Oc1ncccc1C(=O)O)CCCN3CCC2. The highest BCUT2D eigenvalue weighted by atomic mass is 16.5. The number of hydrogen-bond donors (Lipinski definition) is 1. The quantitative estimate of drug-likeness (QED) is 0.863. The molecule has 2 aromatic rings. The van der Waals surface area contributed by atoms with Gasteiger partial charge in [0.2, 0.25) is 5.88 Å². The number of benzene rings is 1. The monoisotopic (exact) mass is 338 g/mol. The van der Waals surface area contributed by atoms with Crippen LogP contribution in [0.5, 0.6) is 11.6 Å². The van der Waals surface area contributed by atoms with Crippen LogP contribution in [0.3, 0.4) is 0 Å². The van der Waals surface area contributed by atoms with Gasteiger partial charge in [0.25, 0.3) is 0 Å². The van der Waals surface area contributed by atoms with E-state index in [0.717, 1.165) is 56.3 Å². The van der Waals surface area contributed by atoms with Crippen molar-refractivity contribution in [2.45, 2.75) is 25.7 Å². The number of carbonyl (C=O) groups is 2. The number of carboxylic acid groups (broad SMARTS) is 1. The largest absolute Gasteiger partial charge is 0.477 e. The van der Waals surface area contributed by atoms with Crippen LogP contribution in [0.2, 0.25) is 0 Å². The average molecular weight is 338 g/mol. The number of rotatable bonds is 4.